The van der Waals surface area contributed by atoms with Gasteiger partial charge in [0.1, 0.15) is 5.75 Å². The highest BCUT2D eigenvalue weighted by Gasteiger charge is 2.15. The zero-order chi connectivity index (χ0) is 10.7. The normalized spacial score (nSPS) is 12.0. The van der Waals surface area contributed by atoms with Crippen LogP contribution in [0, 0.1) is 6.92 Å². The molecule has 0 aliphatic heterocycles. The van der Waals surface area contributed by atoms with E-state index in [1.807, 2.05) is 19.1 Å². The Balaban J connectivity index is 0.00000196. The number of phenols is 1. The van der Waals surface area contributed by atoms with Crippen molar-refractivity contribution in [3.05, 3.63) is 27.7 Å². The molecule has 15 heavy (non-hydrogen) atoms. The van der Waals surface area contributed by atoms with Crippen molar-refractivity contribution >= 4 is 28.3 Å². The van der Waals surface area contributed by atoms with Crippen molar-refractivity contribution in [1.29, 1.82) is 0 Å². The molecule has 0 aliphatic rings. The topological polar surface area (TPSA) is 72.3 Å². The molecule has 1 aromatic rings. The van der Waals surface area contributed by atoms with Gasteiger partial charge in [-0.2, -0.15) is 0 Å². The van der Waals surface area contributed by atoms with Crippen molar-refractivity contribution in [2.24, 2.45) is 11.5 Å². The quantitative estimate of drug-likeness (QED) is 0.801. The van der Waals surface area contributed by atoms with E-state index in [0.717, 1.165) is 15.6 Å². The van der Waals surface area contributed by atoms with Crippen molar-refractivity contribution in [1.82, 2.24) is 0 Å². The maximum Gasteiger partial charge on any atom is 0.124 e. The number of phenolic OH excluding ortho intramolecular Hbond substituents is 1. The van der Waals surface area contributed by atoms with Crippen molar-refractivity contribution in [3.8, 4) is 5.75 Å². The molecule has 1 rings (SSSR count). The summed E-state index contributed by atoms with van der Waals surface area (Å²) in [6.45, 7) is 2.36. The van der Waals surface area contributed by atoms with Gasteiger partial charge in [0.05, 0.1) is 0 Å². The molecule has 0 radical (unpaired) electrons. The maximum absolute atomic E-state index is 9.82. The highest BCUT2D eigenvalue weighted by Crippen LogP contribution is 2.34. The van der Waals surface area contributed by atoms with Gasteiger partial charge >= 0.3 is 0 Å². The lowest BCUT2D eigenvalue weighted by Gasteiger charge is -2.15. The molecule has 0 fully saturated rings. The Morgan fingerprint density at radius 2 is 2.07 bits per heavy atom. The first-order valence-electron chi connectivity index (χ1n) is 4.51. The second-order valence-electron chi connectivity index (χ2n) is 3.31. The van der Waals surface area contributed by atoms with E-state index in [1.54, 1.807) is 0 Å². The van der Waals surface area contributed by atoms with Gasteiger partial charge in [0.2, 0.25) is 0 Å². The summed E-state index contributed by atoms with van der Waals surface area (Å²) in [5.74, 6) is 0.264. The summed E-state index contributed by atoms with van der Waals surface area (Å²) in [6, 6.07) is 3.52. The monoisotopic (exact) mass is 294 g/mol. The Hall–Kier alpha value is -0.290. The van der Waals surface area contributed by atoms with Gasteiger partial charge in [0, 0.05) is 16.1 Å². The minimum absolute atomic E-state index is 0. The molecule has 0 aliphatic carbocycles. The van der Waals surface area contributed by atoms with Crippen LogP contribution in [0.2, 0.25) is 0 Å². The average molecular weight is 296 g/mol. The Bertz CT molecular complexity index is 333. The predicted molar refractivity (Wildman–Crippen MR) is 68.4 cm³/mol. The fourth-order valence-electron chi connectivity index (χ4n) is 1.37. The van der Waals surface area contributed by atoms with E-state index in [4.69, 9.17) is 11.5 Å². The van der Waals surface area contributed by atoms with Gasteiger partial charge < -0.3 is 16.6 Å². The number of aryl methyl sites for hydroxylation is 1. The first-order chi connectivity index (χ1) is 6.57. The van der Waals surface area contributed by atoms with Crippen molar-refractivity contribution in [2.45, 2.75) is 19.4 Å². The fraction of sp³-hybridized carbons (Fsp3) is 0.400. The van der Waals surface area contributed by atoms with Gasteiger partial charge in [-0.15, -0.1) is 12.4 Å². The highest BCUT2D eigenvalue weighted by atomic mass is 79.9. The predicted octanol–water partition coefficient (Wildman–Crippen LogP) is 2.23. The number of hydrogen-bond acceptors (Lipinski definition) is 3. The molecule has 0 bridgehead atoms. The fourth-order valence-corrected chi connectivity index (χ4v) is 1.98. The van der Waals surface area contributed by atoms with Crippen molar-refractivity contribution < 1.29 is 5.11 Å². The van der Waals surface area contributed by atoms with Crippen molar-refractivity contribution in [3.63, 3.8) is 0 Å². The summed E-state index contributed by atoms with van der Waals surface area (Å²) in [5, 5.41) is 9.82. The second kappa shape index (κ2) is 6.33. The number of aromatic hydroxyl groups is 1. The van der Waals surface area contributed by atoms with Crippen LogP contribution in [0.3, 0.4) is 0 Å². The van der Waals surface area contributed by atoms with Gasteiger partial charge in [-0.05, 0) is 31.5 Å². The molecule has 0 saturated carbocycles. The van der Waals surface area contributed by atoms with Gasteiger partial charge in [-0.25, -0.2) is 0 Å². The van der Waals surface area contributed by atoms with Crippen LogP contribution in [0.15, 0.2) is 16.6 Å². The van der Waals surface area contributed by atoms with E-state index >= 15 is 0 Å². The Labute approximate surface area is 104 Å². The number of hydrogen-bond donors (Lipinski definition) is 3. The number of halogens is 2. The Morgan fingerprint density at radius 1 is 1.47 bits per heavy atom. The molecule has 0 unspecified atom stereocenters. The molecular weight excluding hydrogens is 279 g/mol. The summed E-state index contributed by atoms with van der Waals surface area (Å²) in [7, 11) is 0. The molecule has 1 aromatic carbocycles. The summed E-state index contributed by atoms with van der Waals surface area (Å²) < 4.78 is 0.835. The maximum atomic E-state index is 9.82. The second-order valence-corrected chi connectivity index (χ2v) is 4.16. The number of benzene rings is 1. The lowest BCUT2D eigenvalue weighted by Crippen LogP contribution is -2.16. The number of nitrogens with two attached hydrogens (primary N) is 2. The Kier molecular flexibility index (Phi) is 6.20. The van der Waals surface area contributed by atoms with Crippen LogP contribution in [-0.4, -0.2) is 11.7 Å². The third kappa shape index (κ3) is 3.34. The van der Waals surface area contributed by atoms with Gasteiger partial charge in [0.15, 0.2) is 0 Å². The molecule has 0 spiro atoms. The molecule has 0 amide bonds. The third-order valence-electron chi connectivity index (χ3n) is 2.21. The largest absolute Gasteiger partial charge is 0.507 e. The first kappa shape index (κ1) is 14.7. The van der Waals surface area contributed by atoms with Gasteiger partial charge in [-0.3, -0.25) is 0 Å². The van der Waals surface area contributed by atoms with Crippen LogP contribution in [0.1, 0.15) is 23.6 Å². The highest BCUT2D eigenvalue weighted by molar-refractivity contribution is 9.10. The minimum Gasteiger partial charge on any atom is -0.507 e. The van der Waals surface area contributed by atoms with Gasteiger partial charge in [0.25, 0.3) is 0 Å². The van der Waals surface area contributed by atoms with E-state index < -0.39 is 0 Å². The minimum atomic E-state index is -0.214. The zero-order valence-corrected chi connectivity index (χ0v) is 10.9. The molecule has 3 nitrogen and oxygen atoms in total. The van der Waals surface area contributed by atoms with Crippen LogP contribution in [0.4, 0.5) is 0 Å². The number of rotatable bonds is 3. The Morgan fingerprint density at radius 3 is 2.60 bits per heavy atom. The smallest absolute Gasteiger partial charge is 0.124 e. The van der Waals surface area contributed by atoms with Crippen LogP contribution in [0.25, 0.3) is 0 Å². The summed E-state index contributed by atoms with van der Waals surface area (Å²) in [6.07, 6.45) is 0.662. The van der Waals surface area contributed by atoms with Crippen LogP contribution in [0.5, 0.6) is 5.75 Å². The van der Waals surface area contributed by atoms with E-state index in [9.17, 15) is 5.11 Å². The molecule has 5 heteroatoms. The molecule has 1 atom stereocenters. The van der Waals surface area contributed by atoms with Crippen molar-refractivity contribution in [2.75, 3.05) is 6.54 Å². The first-order valence-corrected chi connectivity index (χ1v) is 5.30. The third-order valence-corrected chi connectivity index (χ3v) is 2.91. The van der Waals surface area contributed by atoms with E-state index in [1.165, 1.54) is 0 Å². The van der Waals surface area contributed by atoms with Gasteiger partial charge in [-0.1, -0.05) is 22.0 Å². The molecule has 0 aromatic heterocycles. The van der Waals surface area contributed by atoms with E-state index in [0.29, 0.717) is 13.0 Å². The SMILES string of the molecule is Cc1ccc(Br)c([C@H](N)CCN)c1O.Cl. The molecule has 0 heterocycles. The lowest BCUT2D eigenvalue weighted by molar-refractivity contribution is 0.454. The zero-order valence-electron chi connectivity index (χ0n) is 8.53. The summed E-state index contributed by atoms with van der Waals surface area (Å²) in [4.78, 5) is 0. The van der Waals surface area contributed by atoms with E-state index in [2.05, 4.69) is 15.9 Å². The molecule has 0 saturated heterocycles. The molecule has 5 N–H and O–H groups in total. The molecule has 86 valence electrons. The standard InChI is InChI=1S/C10H15BrN2O.ClH/c1-6-2-3-7(11)9(10(6)14)8(13)4-5-12;/h2-3,8,14H,4-5,12-13H2,1H3;1H/t8-;/m1./s1. The lowest BCUT2D eigenvalue weighted by atomic mass is 10.0. The summed E-state index contributed by atoms with van der Waals surface area (Å²) >= 11 is 3.37. The average Bonchev–Trinajstić information content (AvgIpc) is 2.13. The van der Waals surface area contributed by atoms with Crippen LogP contribution in [-0.2, 0) is 0 Å². The molecular formula is C10H16BrClN2O. The van der Waals surface area contributed by atoms with Crippen LogP contribution >= 0.6 is 28.3 Å². The van der Waals surface area contributed by atoms with E-state index in [-0.39, 0.29) is 24.2 Å². The summed E-state index contributed by atoms with van der Waals surface area (Å²) in [5.41, 5.74) is 12.9. The van der Waals surface area contributed by atoms with Crippen LogP contribution < -0.4 is 11.5 Å².